The zero-order valence-electron chi connectivity index (χ0n) is 10.6. The van der Waals surface area contributed by atoms with E-state index in [0.29, 0.717) is 0 Å². The summed E-state index contributed by atoms with van der Waals surface area (Å²) in [5, 5.41) is 3.29. The molecule has 0 aliphatic heterocycles. The number of halogens is 1. The molecule has 0 amide bonds. The molecule has 0 aliphatic carbocycles. The van der Waals surface area contributed by atoms with E-state index < -0.39 is 0 Å². The summed E-state index contributed by atoms with van der Waals surface area (Å²) in [7, 11) is 0. The van der Waals surface area contributed by atoms with Gasteiger partial charge in [-0.05, 0) is 29.8 Å². The van der Waals surface area contributed by atoms with Gasteiger partial charge in [-0.1, -0.05) is 52.8 Å². The van der Waals surface area contributed by atoms with Crippen molar-refractivity contribution in [2.24, 2.45) is 0 Å². The topological polar surface area (TPSA) is 21.3 Å². The standard InChI is InChI=1S/C16H16BrNO/c1-13(17)11-18-12-14-6-5-9-16(10-14)19-15-7-3-2-4-8-15/h2-10,18H,1,11-12H2. The van der Waals surface area contributed by atoms with Crippen molar-refractivity contribution >= 4 is 15.9 Å². The molecule has 0 fully saturated rings. The minimum Gasteiger partial charge on any atom is -0.457 e. The average molecular weight is 318 g/mol. The molecule has 2 rings (SSSR count). The van der Waals surface area contributed by atoms with Crippen LogP contribution in [0.15, 0.2) is 65.7 Å². The van der Waals surface area contributed by atoms with Gasteiger partial charge in [0.05, 0.1) is 0 Å². The van der Waals surface area contributed by atoms with Gasteiger partial charge in [-0.25, -0.2) is 0 Å². The number of nitrogens with one attached hydrogen (secondary N) is 1. The third kappa shape index (κ3) is 4.89. The second-order valence-corrected chi connectivity index (χ2v) is 5.30. The number of rotatable bonds is 6. The predicted molar refractivity (Wildman–Crippen MR) is 82.7 cm³/mol. The highest BCUT2D eigenvalue weighted by molar-refractivity contribution is 9.11. The van der Waals surface area contributed by atoms with E-state index in [-0.39, 0.29) is 0 Å². The maximum atomic E-state index is 5.79. The monoisotopic (exact) mass is 317 g/mol. The van der Waals surface area contributed by atoms with Crippen molar-refractivity contribution in [3.8, 4) is 11.5 Å². The minimum absolute atomic E-state index is 0.754. The van der Waals surface area contributed by atoms with Gasteiger partial charge in [0.2, 0.25) is 0 Å². The Kier molecular flexibility index (Phi) is 5.19. The van der Waals surface area contributed by atoms with Gasteiger partial charge in [0.25, 0.3) is 0 Å². The molecule has 0 saturated carbocycles. The van der Waals surface area contributed by atoms with Crippen molar-refractivity contribution in [1.29, 1.82) is 0 Å². The molecule has 0 aliphatic rings. The maximum absolute atomic E-state index is 5.79. The summed E-state index contributed by atoms with van der Waals surface area (Å²) in [6.45, 7) is 5.33. The number of benzene rings is 2. The van der Waals surface area contributed by atoms with Gasteiger partial charge in [0, 0.05) is 17.6 Å². The van der Waals surface area contributed by atoms with E-state index >= 15 is 0 Å². The van der Waals surface area contributed by atoms with Crippen molar-refractivity contribution in [3.63, 3.8) is 0 Å². The second kappa shape index (κ2) is 7.12. The summed E-state index contributed by atoms with van der Waals surface area (Å²) in [6.07, 6.45) is 0. The van der Waals surface area contributed by atoms with Crippen LogP contribution in [0.4, 0.5) is 0 Å². The lowest BCUT2D eigenvalue weighted by Crippen LogP contribution is -2.14. The largest absolute Gasteiger partial charge is 0.457 e. The Hall–Kier alpha value is -1.58. The maximum Gasteiger partial charge on any atom is 0.127 e. The van der Waals surface area contributed by atoms with Crippen molar-refractivity contribution < 1.29 is 4.74 Å². The molecule has 0 heterocycles. The smallest absolute Gasteiger partial charge is 0.127 e. The summed E-state index contributed by atoms with van der Waals surface area (Å²) < 4.78 is 6.74. The normalized spacial score (nSPS) is 10.2. The van der Waals surface area contributed by atoms with Gasteiger partial charge < -0.3 is 10.1 Å². The molecule has 98 valence electrons. The van der Waals surface area contributed by atoms with Gasteiger partial charge in [-0.2, -0.15) is 0 Å². The lowest BCUT2D eigenvalue weighted by atomic mass is 10.2. The van der Waals surface area contributed by atoms with Crippen LogP contribution in [0.5, 0.6) is 11.5 Å². The Labute approximate surface area is 122 Å². The zero-order valence-corrected chi connectivity index (χ0v) is 12.2. The lowest BCUT2D eigenvalue weighted by Gasteiger charge is -2.08. The first-order chi connectivity index (χ1) is 9.24. The van der Waals surface area contributed by atoms with Gasteiger partial charge in [-0.3, -0.25) is 0 Å². The molecule has 3 heteroatoms. The van der Waals surface area contributed by atoms with Crippen LogP contribution in [-0.4, -0.2) is 6.54 Å². The molecule has 0 unspecified atom stereocenters. The zero-order chi connectivity index (χ0) is 13.5. The molecule has 0 aromatic heterocycles. The average Bonchev–Trinajstić information content (AvgIpc) is 2.40. The third-order valence-corrected chi connectivity index (χ3v) is 2.80. The van der Waals surface area contributed by atoms with Gasteiger partial charge >= 0.3 is 0 Å². The first-order valence-electron chi connectivity index (χ1n) is 6.10. The van der Waals surface area contributed by atoms with E-state index in [0.717, 1.165) is 29.1 Å². The number of hydrogen-bond acceptors (Lipinski definition) is 2. The van der Waals surface area contributed by atoms with Gasteiger partial charge in [0.15, 0.2) is 0 Å². The molecule has 1 N–H and O–H groups in total. The lowest BCUT2D eigenvalue weighted by molar-refractivity contribution is 0.481. The highest BCUT2D eigenvalue weighted by Gasteiger charge is 1.99. The van der Waals surface area contributed by atoms with Gasteiger partial charge in [0.1, 0.15) is 11.5 Å². The Morgan fingerprint density at radius 3 is 2.53 bits per heavy atom. The van der Waals surface area contributed by atoms with Crippen LogP contribution < -0.4 is 10.1 Å². The van der Waals surface area contributed by atoms with Crippen LogP contribution in [0.3, 0.4) is 0 Å². The summed E-state index contributed by atoms with van der Waals surface area (Å²) in [5.41, 5.74) is 1.18. The third-order valence-electron chi connectivity index (χ3n) is 2.52. The van der Waals surface area contributed by atoms with Crippen LogP contribution in [0.1, 0.15) is 5.56 Å². The van der Waals surface area contributed by atoms with Crippen molar-refractivity contribution in [2.45, 2.75) is 6.54 Å². The fourth-order valence-electron chi connectivity index (χ4n) is 1.69. The Morgan fingerprint density at radius 2 is 1.79 bits per heavy atom. The van der Waals surface area contributed by atoms with Crippen LogP contribution in [0.25, 0.3) is 0 Å². The molecular weight excluding hydrogens is 302 g/mol. The molecular formula is C16H16BrNO. The minimum atomic E-state index is 0.754. The SMILES string of the molecule is C=C(Br)CNCc1cccc(Oc2ccccc2)c1. The van der Waals surface area contributed by atoms with Crippen LogP contribution in [0.2, 0.25) is 0 Å². The first-order valence-corrected chi connectivity index (χ1v) is 6.89. The summed E-state index contributed by atoms with van der Waals surface area (Å²) in [6, 6.07) is 17.8. The molecule has 2 nitrogen and oxygen atoms in total. The molecule has 0 atom stereocenters. The predicted octanol–water partition coefficient (Wildman–Crippen LogP) is 4.48. The Morgan fingerprint density at radius 1 is 1.05 bits per heavy atom. The van der Waals surface area contributed by atoms with Crippen LogP contribution in [0, 0.1) is 0 Å². The molecule has 0 spiro atoms. The Balaban J connectivity index is 1.97. The van der Waals surface area contributed by atoms with E-state index in [2.05, 4.69) is 33.9 Å². The fourth-order valence-corrected chi connectivity index (χ4v) is 1.88. The molecule has 0 radical (unpaired) electrons. The van der Waals surface area contributed by atoms with Crippen molar-refractivity contribution in [2.75, 3.05) is 6.54 Å². The Bertz CT molecular complexity index is 539. The van der Waals surface area contributed by atoms with Crippen LogP contribution in [-0.2, 0) is 6.54 Å². The molecule has 19 heavy (non-hydrogen) atoms. The molecule has 0 saturated heterocycles. The highest BCUT2D eigenvalue weighted by atomic mass is 79.9. The number of hydrogen-bond donors (Lipinski definition) is 1. The van der Waals surface area contributed by atoms with Crippen molar-refractivity contribution in [3.05, 3.63) is 71.2 Å². The van der Waals surface area contributed by atoms with E-state index in [9.17, 15) is 0 Å². The fraction of sp³-hybridized carbons (Fsp3) is 0.125. The summed E-state index contributed by atoms with van der Waals surface area (Å²) in [5.74, 6) is 1.70. The van der Waals surface area contributed by atoms with E-state index in [1.807, 2.05) is 48.5 Å². The van der Waals surface area contributed by atoms with Crippen LogP contribution >= 0.6 is 15.9 Å². The van der Waals surface area contributed by atoms with E-state index in [1.54, 1.807) is 0 Å². The molecule has 2 aromatic carbocycles. The highest BCUT2D eigenvalue weighted by Crippen LogP contribution is 2.21. The quantitative estimate of drug-likeness (QED) is 0.848. The summed E-state index contributed by atoms with van der Waals surface area (Å²) in [4.78, 5) is 0. The van der Waals surface area contributed by atoms with E-state index in [1.165, 1.54) is 5.56 Å². The molecule has 2 aromatic rings. The van der Waals surface area contributed by atoms with E-state index in [4.69, 9.17) is 4.74 Å². The second-order valence-electron chi connectivity index (χ2n) is 4.18. The first kappa shape index (κ1) is 13.8. The number of ether oxygens (including phenoxy) is 1. The summed E-state index contributed by atoms with van der Waals surface area (Å²) >= 11 is 3.33. The van der Waals surface area contributed by atoms with Gasteiger partial charge in [-0.15, -0.1) is 0 Å². The molecule has 0 bridgehead atoms. The van der Waals surface area contributed by atoms with Crippen molar-refractivity contribution in [1.82, 2.24) is 5.32 Å². The number of para-hydroxylation sites is 1.